The first-order chi connectivity index (χ1) is 34.1. The lowest BCUT2D eigenvalue weighted by Crippen LogP contribution is -2.23. The van der Waals surface area contributed by atoms with Crippen LogP contribution in [0.4, 0.5) is 10.5 Å². The van der Waals surface area contributed by atoms with Crippen molar-refractivity contribution in [2.24, 2.45) is 5.73 Å². The van der Waals surface area contributed by atoms with Gasteiger partial charge in [-0.3, -0.25) is 14.6 Å². The Morgan fingerprint density at radius 1 is 0.831 bits per heavy atom. The second kappa shape index (κ2) is 20.8. The molecule has 2 amide bonds. The number of anilines is 1. The average molecular weight is 997 g/mol. The number of hydrogen-bond donors (Lipinski definition) is 4. The SMILES string of the molecule is CCOc1cc2cc(CO)c(CO)c(-c3ccnc(-n4nc(-c5cccnc5)c5ccccc5c4=O)c3)c2cc1OCC.Cc1ccc(C(=O)c2oc3cc(OS(C)(=O)=O)ccc3c2NC(N)=O)c(Cl)c1. The lowest BCUT2D eigenvalue weighted by Gasteiger charge is -2.19. The number of furan rings is 1. The van der Waals surface area contributed by atoms with Crippen molar-refractivity contribution >= 4 is 71.7 Å². The Labute approximate surface area is 411 Å². The van der Waals surface area contributed by atoms with E-state index in [9.17, 15) is 33.0 Å². The summed E-state index contributed by atoms with van der Waals surface area (Å²) >= 11 is 6.17. The molecule has 0 aliphatic rings. The summed E-state index contributed by atoms with van der Waals surface area (Å²) in [5, 5.41) is 31.3. The topological polar surface area (TPSA) is 248 Å². The Hall–Kier alpha value is -8.16. The molecule has 0 aliphatic heterocycles. The van der Waals surface area contributed by atoms with E-state index in [1.165, 1.54) is 22.9 Å². The summed E-state index contributed by atoms with van der Waals surface area (Å²) in [6, 6.07) is 28.3. The number of benzene rings is 5. The number of carbonyl (C=O) groups is 2. The third kappa shape index (κ3) is 10.4. The van der Waals surface area contributed by atoms with Gasteiger partial charge in [-0.2, -0.15) is 18.2 Å². The van der Waals surface area contributed by atoms with E-state index in [1.807, 2.05) is 75.4 Å². The number of pyridine rings is 2. The van der Waals surface area contributed by atoms with Crippen LogP contribution in [-0.2, 0) is 23.3 Å². The maximum Gasteiger partial charge on any atom is 0.316 e. The van der Waals surface area contributed by atoms with Gasteiger partial charge >= 0.3 is 16.1 Å². The van der Waals surface area contributed by atoms with Gasteiger partial charge in [-0.05, 0) is 132 Å². The third-order valence-electron chi connectivity index (χ3n) is 11.1. The summed E-state index contributed by atoms with van der Waals surface area (Å²) in [4.78, 5) is 46.9. The summed E-state index contributed by atoms with van der Waals surface area (Å²) in [6.07, 6.45) is 5.90. The van der Waals surface area contributed by atoms with Crippen molar-refractivity contribution in [3.05, 3.63) is 165 Å². The lowest BCUT2D eigenvalue weighted by molar-refractivity contribution is 0.101. The Bertz CT molecular complexity index is 3700. The highest BCUT2D eigenvalue weighted by atomic mass is 35.5. The Kier molecular flexibility index (Phi) is 14.5. The summed E-state index contributed by atoms with van der Waals surface area (Å²) < 4.78 is 46.1. The molecule has 5 N–H and O–H groups in total. The van der Waals surface area contributed by atoms with Crippen LogP contribution in [0.3, 0.4) is 0 Å². The van der Waals surface area contributed by atoms with Crippen LogP contribution in [0.15, 0.2) is 131 Å². The van der Waals surface area contributed by atoms with Crippen LogP contribution in [0.1, 0.15) is 46.7 Å². The van der Waals surface area contributed by atoms with Gasteiger partial charge in [0.25, 0.3) is 5.56 Å². The van der Waals surface area contributed by atoms with E-state index in [1.54, 1.807) is 48.9 Å². The number of aliphatic hydroxyl groups is 2. The minimum Gasteiger partial charge on any atom is -0.490 e. The minimum absolute atomic E-state index is 0.0123. The van der Waals surface area contributed by atoms with E-state index in [0.717, 1.165) is 28.2 Å². The van der Waals surface area contributed by atoms with E-state index >= 15 is 0 Å². The molecule has 4 heterocycles. The number of urea groups is 1. The number of ether oxygens (including phenoxy) is 2. The quantitative estimate of drug-likeness (QED) is 0.0587. The van der Waals surface area contributed by atoms with Gasteiger partial charge in [-0.25, -0.2) is 9.78 Å². The van der Waals surface area contributed by atoms with Crippen LogP contribution in [0.2, 0.25) is 5.02 Å². The average Bonchev–Trinajstić information content (AvgIpc) is 3.70. The highest BCUT2D eigenvalue weighted by molar-refractivity contribution is 7.86. The fourth-order valence-corrected chi connectivity index (χ4v) is 8.86. The molecule has 0 spiro atoms. The number of nitrogens with two attached hydrogens (primary N) is 1. The van der Waals surface area contributed by atoms with Gasteiger partial charge in [0.1, 0.15) is 22.7 Å². The summed E-state index contributed by atoms with van der Waals surface area (Å²) in [6.45, 7) is 5.95. The number of primary amides is 1. The molecule has 4 aromatic heterocycles. The lowest BCUT2D eigenvalue weighted by atomic mass is 9.90. The molecule has 5 aromatic carbocycles. The number of amides is 2. The van der Waals surface area contributed by atoms with Gasteiger partial charge < -0.3 is 39.3 Å². The molecule has 0 bridgehead atoms. The van der Waals surface area contributed by atoms with Crippen molar-refractivity contribution in [1.82, 2.24) is 19.7 Å². The first-order valence-electron chi connectivity index (χ1n) is 21.9. The fraction of sp³-hybridized carbons (Fsp3) is 0.154. The molecule has 71 heavy (non-hydrogen) atoms. The Morgan fingerprint density at radius 2 is 1.58 bits per heavy atom. The van der Waals surface area contributed by atoms with E-state index in [0.29, 0.717) is 74.6 Å². The summed E-state index contributed by atoms with van der Waals surface area (Å²) in [5.74, 6) is 0.685. The number of fused-ring (bicyclic) bond motifs is 3. The van der Waals surface area contributed by atoms with Gasteiger partial charge in [0.05, 0.1) is 43.1 Å². The van der Waals surface area contributed by atoms with Crippen LogP contribution in [0.5, 0.6) is 17.2 Å². The molecule has 0 saturated heterocycles. The Morgan fingerprint density at radius 3 is 2.24 bits per heavy atom. The number of ketones is 1. The molecular formula is C52H45ClN6O11S. The van der Waals surface area contributed by atoms with E-state index in [-0.39, 0.29) is 52.1 Å². The number of rotatable bonds is 14. The molecule has 0 unspecified atom stereocenters. The van der Waals surface area contributed by atoms with Crippen LogP contribution < -0.4 is 30.3 Å². The maximum absolute atomic E-state index is 13.8. The zero-order chi connectivity index (χ0) is 50.6. The molecule has 9 aromatic rings. The van der Waals surface area contributed by atoms with E-state index in [4.69, 9.17) is 40.5 Å². The fourth-order valence-electron chi connectivity index (χ4n) is 8.09. The number of carbonyl (C=O) groups excluding carboxylic acids is 2. The standard InChI is InChI=1S/C34H30N4O5.C18H15ClN2O6S/c1-3-42-29-15-23-14-24(19-39)28(20-40)32(27(23)17-30(29)43-4-2)21-11-13-36-31(16-21)38-34(41)26-10-6-5-9-25(26)33(37-38)22-8-7-12-35-18-22;1-9-3-5-11(13(19)7-9)16(22)17-15(21-18(20)23)12-6-4-10(8-14(12)26-17)27-28(2,24)25/h5-18,39-40H,3-4,19-20H2,1-2H3;3-8H,1-2H3,(H3,20,21,23). The Balaban J connectivity index is 0.000000209. The largest absolute Gasteiger partial charge is 0.490 e. The number of hydrogen-bond acceptors (Lipinski definition) is 14. The molecule has 0 fully saturated rings. The van der Waals surface area contributed by atoms with Crippen molar-refractivity contribution in [2.45, 2.75) is 34.0 Å². The van der Waals surface area contributed by atoms with Crippen LogP contribution in [0.25, 0.3) is 60.7 Å². The molecular weight excluding hydrogens is 952 g/mol. The molecule has 0 radical (unpaired) electrons. The molecule has 0 saturated carbocycles. The van der Waals surface area contributed by atoms with E-state index in [2.05, 4.69) is 15.3 Å². The van der Waals surface area contributed by atoms with Crippen molar-refractivity contribution in [2.75, 3.05) is 24.8 Å². The summed E-state index contributed by atoms with van der Waals surface area (Å²) in [7, 11) is -3.75. The first-order valence-corrected chi connectivity index (χ1v) is 24.1. The number of halogens is 1. The van der Waals surface area contributed by atoms with Crippen molar-refractivity contribution in [3.8, 4) is 45.5 Å². The number of aryl methyl sites for hydroxylation is 1. The van der Waals surface area contributed by atoms with Crippen molar-refractivity contribution in [3.63, 3.8) is 0 Å². The summed E-state index contributed by atoms with van der Waals surface area (Å²) in [5.41, 5.74) is 9.99. The van der Waals surface area contributed by atoms with Crippen LogP contribution >= 0.6 is 11.6 Å². The van der Waals surface area contributed by atoms with E-state index < -0.39 is 21.9 Å². The van der Waals surface area contributed by atoms with Gasteiger partial charge in [-0.1, -0.05) is 35.9 Å². The highest BCUT2D eigenvalue weighted by Crippen LogP contribution is 2.42. The normalized spacial score (nSPS) is 11.3. The predicted octanol–water partition coefficient (Wildman–Crippen LogP) is 8.90. The van der Waals surface area contributed by atoms with Gasteiger partial charge in [0.2, 0.25) is 5.78 Å². The second-order valence-corrected chi connectivity index (χ2v) is 17.9. The first kappa shape index (κ1) is 49.3. The third-order valence-corrected chi connectivity index (χ3v) is 11.9. The molecule has 0 atom stereocenters. The number of aliphatic hydroxyl groups excluding tert-OH is 2. The number of nitrogens with one attached hydrogen (secondary N) is 1. The minimum atomic E-state index is -3.75. The number of aromatic nitrogens is 4. The number of nitrogens with zero attached hydrogens (tertiary/aromatic N) is 4. The van der Waals surface area contributed by atoms with Gasteiger partial charge in [0, 0.05) is 46.6 Å². The maximum atomic E-state index is 13.8. The van der Waals surface area contributed by atoms with Crippen LogP contribution in [-0.4, -0.2) is 69.7 Å². The van der Waals surface area contributed by atoms with Gasteiger partial charge in [0.15, 0.2) is 23.1 Å². The molecule has 17 nitrogen and oxygen atoms in total. The van der Waals surface area contributed by atoms with Gasteiger partial charge in [-0.15, -0.1) is 0 Å². The second-order valence-electron chi connectivity index (χ2n) is 15.9. The molecule has 9 rings (SSSR count). The smallest absolute Gasteiger partial charge is 0.316 e. The van der Waals surface area contributed by atoms with Crippen molar-refractivity contribution < 1.29 is 46.3 Å². The molecule has 0 aliphatic carbocycles. The zero-order valence-corrected chi connectivity index (χ0v) is 40.2. The van der Waals surface area contributed by atoms with Crippen LogP contribution in [0, 0.1) is 6.92 Å². The predicted molar refractivity (Wildman–Crippen MR) is 270 cm³/mol. The monoisotopic (exact) mass is 996 g/mol. The highest BCUT2D eigenvalue weighted by Gasteiger charge is 2.26. The van der Waals surface area contributed by atoms with Crippen molar-refractivity contribution in [1.29, 1.82) is 0 Å². The molecule has 19 heteroatoms. The molecule has 362 valence electrons. The zero-order valence-electron chi connectivity index (χ0n) is 38.6.